The lowest BCUT2D eigenvalue weighted by atomic mass is 9.97. The predicted octanol–water partition coefficient (Wildman–Crippen LogP) is 2.21. The van der Waals surface area contributed by atoms with Crippen LogP contribution >= 0.6 is 23.4 Å². The number of hydrogen-bond acceptors (Lipinski definition) is 6. The highest BCUT2D eigenvalue weighted by molar-refractivity contribution is 7.99. The Morgan fingerprint density at radius 1 is 1.40 bits per heavy atom. The van der Waals surface area contributed by atoms with Crippen molar-refractivity contribution in [2.45, 2.75) is 18.1 Å². The molecule has 1 aliphatic heterocycles. The third kappa shape index (κ3) is 4.52. The van der Waals surface area contributed by atoms with Crippen molar-refractivity contribution in [3.8, 4) is 11.5 Å². The smallest absolute Gasteiger partial charge is 0.277 e. The quantitative estimate of drug-likeness (QED) is 0.798. The number of thioether (sulfide) groups is 1. The van der Waals surface area contributed by atoms with E-state index in [1.165, 1.54) is 11.8 Å². The molecule has 1 aliphatic rings. The number of piperidine rings is 1. The Morgan fingerprint density at radius 3 is 3.00 bits per heavy atom. The Balaban J connectivity index is 1.57. The minimum absolute atomic E-state index is 0.0709. The largest absolute Gasteiger partial charge is 0.411 e. The van der Waals surface area contributed by atoms with Crippen molar-refractivity contribution < 1.29 is 14.0 Å². The standard InChI is InChI=1S/C16H17ClN4O3S/c17-12-5-1-3-10(7-12)15-19-20-16(24-15)25-9-13(22)21-6-2-4-11(8-21)14(18)23/h1,3,5,7,11H,2,4,6,8-9H2,(H2,18,23)/t11-/m1/s1. The summed E-state index contributed by atoms with van der Waals surface area (Å²) in [5.41, 5.74) is 6.06. The minimum Gasteiger partial charge on any atom is -0.411 e. The second-order valence-corrected chi connectivity index (χ2v) is 7.12. The highest BCUT2D eigenvalue weighted by Crippen LogP contribution is 2.25. The molecule has 1 fully saturated rings. The number of carbonyl (C=O) groups is 2. The fourth-order valence-electron chi connectivity index (χ4n) is 2.66. The molecular weight excluding hydrogens is 364 g/mol. The van der Waals surface area contributed by atoms with E-state index >= 15 is 0 Å². The number of benzene rings is 1. The van der Waals surface area contributed by atoms with E-state index in [0.29, 0.717) is 29.2 Å². The van der Waals surface area contributed by atoms with Crippen LogP contribution in [-0.4, -0.2) is 45.8 Å². The van der Waals surface area contributed by atoms with Crippen molar-refractivity contribution in [2.24, 2.45) is 11.7 Å². The molecule has 1 aromatic carbocycles. The van der Waals surface area contributed by atoms with Crippen LogP contribution in [0.2, 0.25) is 5.02 Å². The van der Waals surface area contributed by atoms with Gasteiger partial charge < -0.3 is 15.1 Å². The molecular formula is C16H17ClN4O3S. The molecule has 1 atom stereocenters. The van der Waals surface area contributed by atoms with Gasteiger partial charge in [0.25, 0.3) is 5.22 Å². The van der Waals surface area contributed by atoms with E-state index in [1.807, 2.05) is 6.07 Å². The molecule has 132 valence electrons. The second kappa shape index (κ2) is 7.88. The fraction of sp³-hybridized carbons (Fsp3) is 0.375. The Labute approximate surface area is 153 Å². The molecule has 0 unspecified atom stereocenters. The maximum Gasteiger partial charge on any atom is 0.277 e. The first-order chi connectivity index (χ1) is 12.0. The van der Waals surface area contributed by atoms with Crippen molar-refractivity contribution in [1.29, 1.82) is 0 Å². The van der Waals surface area contributed by atoms with Gasteiger partial charge in [-0.2, -0.15) is 0 Å². The molecule has 0 saturated carbocycles. The molecule has 3 rings (SSSR count). The van der Waals surface area contributed by atoms with Gasteiger partial charge in [0, 0.05) is 23.7 Å². The second-order valence-electron chi connectivity index (χ2n) is 5.75. The Bertz CT molecular complexity index is 782. The molecule has 2 heterocycles. The summed E-state index contributed by atoms with van der Waals surface area (Å²) in [4.78, 5) is 25.3. The van der Waals surface area contributed by atoms with Gasteiger partial charge in [0.05, 0.1) is 11.7 Å². The Kier molecular flexibility index (Phi) is 5.60. The lowest BCUT2D eigenvalue weighted by Gasteiger charge is -2.31. The van der Waals surface area contributed by atoms with Gasteiger partial charge in [-0.1, -0.05) is 29.4 Å². The van der Waals surface area contributed by atoms with Crippen molar-refractivity contribution in [3.63, 3.8) is 0 Å². The third-order valence-electron chi connectivity index (χ3n) is 3.97. The molecule has 25 heavy (non-hydrogen) atoms. The molecule has 0 spiro atoms. The van der Waals surface area contributed by atoms with Crippen molar-refractivity contribution >= 4 is 35.2 Å². The summed E-state index contributed by atoms with van der Waals surface area (Å²) in [7, 11) is 0. The van der Waals surface area contributed by atoms with E-state index in [2.05, 4.69) is 10.2 Å². The SMILES string of the molecule is NC(=O)[C@@H]1CCCN(C(=O)CSc2nnc(-c3cccc(Cl)c3)o2)C1. The van der Waals surface area contributed by atoms with Gasteiger partial charge in [-0.05, 0) is 31.0 Å². The third-order valence-corrected chi connectivity index (χ3v) is 5.01. The molecule has 0 radical (unpaired) electrons. The maximum atomic E-state index is 12.3. The van der Waals surface area contributed by atoms with E-state index in [4.69, 9.17) is 21.8 Å². The number of aromatic nitrogens is 2. The highest BCUT2D eigenvalue weighted by Gasteiger charge is 2.27. The summed E-state index contributed by atoms with van der Waals surface area (Å²) in [5.74, 6) is -0.167. The number of amides is 2. The topological polar surface area (TPSA) is 102 Å². The van der Waals surface area contributed by atoms with E-state index in [9.17, 15) is 9.59 Å². The van der Waals surface area contributed by atoms with Crippen LogP contribution in [0.15, 0.2) is 33.9 Å². The Morgan fingerprint density at radius 2 is 2.24 bits per heavy atom. The lowest BCUT2D eigenvalue weighted by molar-refractivity contribution is -0.132. The van der Waals surface area contributed by atoms with Gasteiger partial charge in [0.2, 0.25) is 17.7 Å². The fourth-order valence-corrected chi connectivity index (χ4v) is 3.51. The summed E-state index contributed by atoms with van der Waals surface area (Å²) in [6.45, 7) is 1.02. The summed E-state index contributed by atoms with van der Waals surface area (Å²) in [6, 6.07) is 7.10. The highest BCUT2D eigenvalue weighted by atomic mass is 35.5. The monoisotopic (exact) mass is 380 g/mol. The van der Waals surface area contributed by atoms with Crippen LogP contribution in [0.4, 0.5) is 0 Å². The molecule has 2 N–H and O–H groups in total. The maximum absolute atomic E-state index is 12.3. The van der Waals surface area contributed by atoms with Crippen LogP contribution in [-0.2, 0) is 9.59 Å². The number of rotatable bonds is 5. The first-order valence-corrected chi connectivity index (χ1v) is 9.18. The molecule has 2 aromatic rings. The predicted molar refractivity (Wildman–Crippen MR) is 94.0 cm³/mol. The van der Waals surface area contributed by atoms with E-state index in [0.717, 1.165) is 18.4 Å². The number of halogens is 1. The van der Waals surface area contributed by atoms with E-state index in [-0.39, 0.29) is 23.5 Å². The average molecular weight is 381 g/mol. The zero-order valence-electron chi connectivity index (χ0n) is 13.4. The molecule has 7 nitrogen and oxygen atoms in total. The summed E-state index contributed by atoms with van der Waals surface area (Å²) < 4.78 is 5.56. The van der Waals surface area contributed by atoms with Crippen LogP contribution in [0, 0.1) is 5.92 Å². The van der Waals surface area contributed by atoms with Gasteiger partial charge in [0.15, 0.2) is 0 Å². The van der Waals surface area contributed by atoms with Crippen molar-refractivity contribution in [1.82, 2.24) is 15.1 Å². The molecule has 2 amide bonds. The zero-order valence-corrected chi connectivity index (χ0v) is 14.9. The first-order valence-electron chi connectivity index (χ1n) is 7.82. The van der Waals surface area contributed by atoms with Gasteiger partial charge in [0.1, 0.15) is 0 Å². The molecule has 0 bridgehead atoms. The normalized spacial score (nSPS) is 17.5. The van der Waals surface area contributed by atoms with Gasteiger partial charge in [-0.3, -0.25) is 9.59 Å². The minimum atomic E-state index is -0.354. The number of carbonyl (C=O) groups excluding carboxylic acids is 2. The Hall–Kier alpha value is -2.06. The van der Waals surface area contributed by atoms with Crippen LogP contribution in [0.1, 0.15) is 12.8 Å². The summed E-state index contributed by atoms with van der Waals surface area (Å²) >= 11 is 7.12. The van der Waals surface area contributed by atoms with Crippen LogP contribution in [0.25, 0.3) is 11.5 Å². The zero-order chi connectivity index (χ0) is 17.8. The number of primary amides is 1. The van der Waals surface area contributed by atoms with Crippen LogP contribution < -0.4 is 5.73 Å². The van der Waals surface area contributed by atoms with E-state index < -0.39 is 0 Å². The van der Waals surface area contributed by atoms with Crippen molar-refractivity contribution in [2.75, 3.05) is 18.8 Å². The lowest BCUT2D eigenvalue weighted by Crippen LogP contribution is -2.44. The molecule has 0 aliphatic carbocycles. The molecule has 1 aromatic heterocycles. The number of hydrogen-bond donors (Lipinski definition) is 1. The number of likely N-dealkylation sites (tertiary alicyclic amines) is 1. The number of nitrogens with zero attached hydrogens (tertiary/aromatic N) is 3. The van der Waals surface area contributed by atoms with Gasteiger partial charge in [-0.15, -0.1) is 10.2 Å². The molecule has 1 saturated heterocycles. The van der Waals surface area contributed by atoms with Gasteiger partial charge >= 0.3 is 0 Å². The van der Waals surface area contributed by atoms with Gasteiger partial charge in [-0.25, -0.2) is 0 Å². The summed E-state index contributed by atoms with van der Waals surface area (Å²) in [5, 5.41) is 8.80. The molecule has 9 heteroatoms. The number of nitrogens with two attached hydrogens (primary N) is 1. The first kappa shape index (κ1) is 17.8. The van der Waals surface area contributed by atoms with Crippen LogP contribution in [0.5, 0.6) is 0 Å². The van der Waals surface area contributed by atoms with Crippen molar-refractivity contribution in [3.05, 3.63) is 29.3 Å². The van der Waals surface area contributed by atoms with Crippen LogP contribution in [0.3, 0.4) is 0 Å². The summed E-state index contributed by atoms with van der Waals surface area (Å²) in [6.07, 6.45) is 1.52. The average Bonchev–Trinajstić information content (AvgIpc) is 3.09. The van der Waals surface area contributed by atoms with E-state index in [1.54, 1.807) is 23.1 Å².